The Kier molecular flexibility index (Phi) is 7.12. The van der Waals surface area contributed by atoms with Gasteiger partial charge in [-0.2, -0.15) is 0 Å². The van der Waals surface area contributed by atoms with E-state index in [4.69, 9.17) is 16.3 Å². The predicted molar refractivity (Wildman–Crippen MR) is 103 cm³/mol. The summed E-state index contributed by atoms with van der Waals surface area (Å²) in [6.45, 7) is 4.54. The van der Waals surface area contributed by atoms with Crippen molar-refractivity contribution in [1.82, 2.24) is 0 Å². The van der Waals surface area contributed by atoms with E-state index in [9.17, 15) is 24.5 Å². The van der Waals surface area contributed by atoms with Crippen LogP contribution in [0.25, 0.3) is 0 Å². The number of carbonyl (C=O) groups is 3. The summed E-state index contributed by atoms with van der Waals surface area (Å²) < 4.78 is 4.96. The van der Waals surface area contributed by atoms with Crippen molar-refractivity contribution in [2.45, 2.75) is 33.6 Å². The monoisotopic (exact) mass is 410 g/mol. The van der Waals surface area contributed by atoms with Crippen LogP contribution in [0.4, 0.5) is 5.69 Å². The summed E-state index contributed by atoms with van der Waals surface area (Å²) >= 11 is 6.13. The van der Waals surface area contributed by atoms with Crippen molar-refractivity contribution in [2.24, 2.45) is 17.8 Å². The molecule has 0 bridgehead atoms. The van der Waals surface area contributed by atoms with Crippen molar-refractivity contribution >= 4 is 34.9 Å². The number of benzene rings is 1. The van der Waals surface area contributed by atoms with Crippen molar-refractivity contribution in [3.63, 3.8) is 0 Å². The first kappa shape index (κ1) is 21.8. The van der Waals surface area contributed by atoms with E-state index in [1.807, 2.05) is 13.0 Å². The van der Waals surface area contributed by atoms with Crippen LogP contribution in [0, 0.1) is 41.7 Å². The van der Waals surface area contributed by atoms with E-state index in [1.54, 1.807) is 19.9 Å². The molecule has 2 rings (SSSR count). The fourth-order valence-electron chi connectivity index (χ4n) is 3.63. The van der Waals surface area contributed by atoms with Crippen LogP contribution in [0.15, 0.2) is 12.1 Å². The van der Waals surface area contributed by atoms with Gasteiger partial charge in [-0.3, -0.25) is 24.5 Å². The Morgan fingerprint density at radius 3 is 2.64 bits per heavy atom. The van der Waals surface area contributed by atoms with Gasteiger partial charge in [0.25, 0.3) is 5.91 Å². The molecule has 1 fully saturated rings. The molecular formula is C19H23ClN2O6. The number of amides is 1. The lowest BCUT2D eigenvalue weighted by atomic mass is 9.88. The Morgan fingerprint density at radius 1 is 1.36 bits per heavy atom. The number of nitrogens with one attached hydrogen (secondary N) is 1. The maximum absolute atomic E-state index is 12.1. The highest BCUT2D eigenvalue weighted by Crippen LogP contribution is 2.36. The van der Waals surface area contributed by atoms with Gasteiger partial charge >= 0.3 is 5.97 Å². The van der Waals surface area contributed by atoms with Gasteiger partial charge in [0.1, 0.15) is 5.78 Å². The largest absolute Gasteiger partial charge is 0.456 e. The zero-order valence-electron chi connectivity index (χ0n) is 16.0. The van der Waals surface area contributed by atoms with Crippen LogP contribution in [0.1, 0.15) is 30.9 Å². The second-order valence-electron chi connectivity index (χ2n) is 7.29. The third-order valence-electron chi connectivity index (χ3n) is 4.99. The topological polar surface area (TPSA) is 116 Å². The van der Waals surface area contributed by atoms with Gasteiger partial charge in [0.2, 0.25) is 6.54 Å². The van der Waals surface area contributed by atoms with Crippen LogP contribution in [0.5, 0.6) is 0 Å². The van der Waals surface area contributed by atoms with Crippen molar-refractivity contribution in [3.05, 3.63) is 38.4 Å². The van der Waals surface area contributed by atoms with E-state index in [0.717, 1.165) is 11.1 Å². The molecule has 1 saturated carbocycles. The van der Waals surface area contributed by atoms with Gasteiger partial charge in [0, 0.05) is 23.2 Å². The van der Waals surface area contributed by atoms with E-state index >= 15 is 0 Å². The zero-order chi connectivity index (χ0) is 21.0. The Morgan fingerprint density at radius 2 is 2.04 bits per heavy atom. The summed E-state index contributed by atoms with van der Waals surface area (Å²) in [5.74, 6) is -2.88. The lowest BCUT2D eigenvalue weighted by Gasteiger charge is -2.17. The molecule has 0 saturated heterocycles. The summed E-state index contributed by atoms with van der Waals surface area (Å²) in [7, 11) is 0. The third-order valence-corrected chi connectivity index (χ3v) is 5.29. The molecular weight excluding hydrogens is 388 g/mol. The Labute approximate surface area is 167 Å². The smallest absolute Gasteiger partial charge is 0.307 e. The fourth-order valence-corrected chi connectivity index (χ4v) is 4.00. The minimum Gasteiger partial charge on any atom is -0.456 e. The molecule has 9 heteroatoms. The third kappa shape index (κ3) is 5.51. The maximum Gasteiger partial charge on any atom is 0.307 e. The van der Waals surface area contributed by atoms with Crippen LogP contribution in [-0.2, 0) is 19.1 Å². The summed E-state index contributed by atoms with van der Waals surface area (Å²) in [5, 5.41) is 13.8. The number of anilines is 1. The summed E-state index contributed by atoms with van der Waals surface area (Å²) in [6, 6.07) is 3.56. The Bertz CT molecular complexity index is 787. The standard InChI is InChI=1S/C19H23ClN2O6/c1-10-4-12(3)19(15(20)5-10)21-17(24)9-28-18(25)7-13-14(8-22(26)27)11(2)6-16(13)23/h4-5,11,13-14H,6-9H2,1-3H3,(H,21,24)/t11-,13-,14-/m1/s1. The van der Waals surface area contributed by atoms with Gasteiger partial charge in [-0.05, 0) is 37.0 Å². The number of carbonyl (C=O) groups excluding carboxylic acids is 3. The minimum atomic E-state index is -0.746. The number of ether oxygens (including phenoxy) is 1. The highest BCUT2D eigenvalue weighted by atomic mass is 35.5. The number of ketones is 1. The normalized spacial score (nSPS) is 21.4. The lowest BCUT2D eigenvalue weighted by molar-refractivity contribution is -0.490. The molecule has 3 atom stereocenters. The van der Waals surface area contributed by atoms with Gasteiger partial charge < -0.3 is 10.1 Å². The SMILES string of the molecule is Cc1cc(C)c(NC(=O)COC(=O)C[C@H]2C(=O)C[C@@H](C)[C@H]2C[N+](=O)[O-])c(Cl)c1. The lowest BCUT2D eigenvalue weighted by Crippen LogP contribution is -2.28. The molecule has 1 aromatic rings. The second-order valence-corrected chi connectivity index (χ2v) is 7.69. The van der Waals surface area contributed by atoms with Crippen LogP contribution in [-0.4, -0.2) is 35.7 Å². The second kappa shape index (κ2) is 9.14. The van der Waals surface area contributed by atoms with Crippen LogP contribution >= 0.6 is 11.6 Å². The quantitative estimate of drug-likeness (QED) is 0.419. The molecule has 28 heavy (non-hydrogen) atoms. The van der Waals surface area contributed by atoms with Crippen molar-refractivity contribution in [2.75, 3.05) is 18.5 Å². The molecule has 1 aromatic carbocycles. The molecule has 1 aliphatic carbocycles. The molecule has 0 unspecified atom stereocenters. The van der Waals surface area contributed by atoms with Gasteiger partial charge in [-0.1, -0.05) is 24.6 Å². The fraction of sp³-hybridized carbons (Fsp3) is 0.526. The number of aryl methyl sites for hydroxylation is 2. The molecule has 1 N–H and O–H groups in total. The van der Waals surface area contributed by atoms with E-state index in [0.29, 0.717) is 10.7 Å². The van der Waals surface area contributed by atoms with Gasteiger partial charge in [-0.15, -0.1) is 0 Å². The average Bonchev–Trinajstić information content (AvgIpc) is 2.82. The highest BCUT2D eigenvalue weighted by Gasteiger charge is 2.44. The molecule has 0 spiro atoms. The number of hydrogen-bond acceptors (Lipinski definition) is 6. The Balaban J connectivity index is 1.90. The number of halogens is 1. The van der Waals surface area contributed by atoms with E-state index in [1.165, 1.54) is 0 Å². The number of nitro groups is 1. The molecule has 1 amide bonds. The molecule has 152 valence electrons. The van der Waals surface area contributed by atoms with Crippen LogP contribution < -0.4 is 5.32 Å². The Hall–Kier alpha value is -2.48. The molecule has 0 aromatic heterocycles. The molecule has 0 aliphatic heterocycles. The first-order valence-electron chi connectivity index (χ1n) is 8.95. The first-order chi connectivity index (χ1) is 13.1. The summed E-state index contributed by atoms with van der Waals surface area (Å²) in [5.41, 5.74) is 2.17. The van der Waals surface area contributed by atoms with Crippen molar-refractivity contribution in [3.8, 4) is 0 Å². The zero-order valence-corrected chi connectivity index (χ0v) is 16.7. The summed E-state index contributed by atoms with van der Waals surface area (Å²) in [6.07, 6.45) is -0.0542. The van der Waals surface area contributed by atoms with Gasteiger partial charge in [0.05, 0.1) is 17.1 Å². The van der Waals surface area contributed by atoms with Crippen molar-refractivity contribution in [1.29, 1.82) is 0 Å². The minimum absolute atomic E-state index is 0.161. The van der Waals surface area contributed by atoms with Crippen LogP contribution in [0.3, 0.4) is 0 Å². The number of hydrogen-bond donors (Lipinski definition) is 1. The molecule has 0 heterocycles. The van der Waals surface area contributed by atoms with E-state index < -0.39 is 35.2 Å². The van der Waals surface area contributed by atoms with E-state index in [2.05, 4.69) is 5.32 Å². The number of Topliss-reactive ketones (excluding diaryl/α,β-unsaturated/α-hetero) is 1. The van der Waals surface area contributed by atoms with Gasteiger partial charge in [-0.25, -0.2) is 0 Å². The predicted octanol–water partition coefficient (Wildman–Crippen LogP) is 2.95. The number of rotatable bonds is 7. The van der Waals surface area contributed by atoms with E-state index in [-0.39, 0.29) is 31.1 Å². The molecule has 1 aliphatic rings. The number of nitrogens with zero attached hydrogens (tertiary/aromatic N) is 1. The summed E-state index contributed by atoms with van der Waals surface area (Å²) in [4.78, 5) is 46.5. The average molecular weight is 411 g/mol. The van der Waals surface area contributed by atoms with Crippen LogP contribution in [0.2, 0.25) is 5.02 Å². The molecule has 8 nitrogen and oxygen atoms in total. The van der Waals surface area contributed by atoms with Gasteiger partial charge in [0.15, 0.2) is 6.61 Å². The molecule has 0 radical (unpaired) electrons. The van der Waals surface area contributed by atoms with Crippen molar-refractivity contribution < 1.29 is 24.0 Å². The first-order valence-corrected chi connectivity index (χ1v) is 9.33. The highest BCUT2D eigenvalue weighted by molar-refractivity contribution is 6.34. The number of esters is 1. The maximum atomic E-state index is 12.1.